The van der Waals surface area contributed by atoms with Gasteiger partial charge >= 0.3 is 0 Å². The van der Waals surface area contributed by atoms with Crippen molar-refractivity contribution >= 4 is 17.6 Å². The first-order valence-electron chi connectivity index (χ1n) is 9.27. The number of benzene rings is 1. The van der Waals surface area contributed by atoms with E-state index in [9.17, 15) is 14.4 Å². The molecule has 1 aromatic carbocycles. The van der Waals surface area contributed by atoms with Gasteiger partial charge in [0.1, 0.15) is 5.69 Å². The Bertz CT molecular complexity index is 863. The number of ether oxygens (including phenoxy) is 3. The predicted molar refractivity (Wildman–Crippen MR) is 106 cm³/mol. The lowest BCUT2D eigenvalue weighted by atomic mass is 10.1. The van der Waals surface area contributed by atoms with Gasteiger partial charge in [0.25, 0.3) is 11.8 Å². The van der Waals surface area contributed by atoms with Crippen molar-refractivity contribution in [3.05, 3.63) is 41.2 Å². The van der Waals surface area contributed by atoms with Crippen molar-refractivity contribution < 1.29 is 28.6 Å². The zero-order valence-electron chi connectivity index (χ0n) is 16.9. The maximum absolute atomic E-state index is 12.5. The number of aromatic amines is 1. The lowest BCUT2D eigenvalue weighted by Crippen LogP contribution is -2.41. The van der Waals surface area contributed by atoms with Gasteiger partial charge in [-0.2, -0.15) is 0 Å². The van der Waals surface area contributed by atoms with Crippen LogP contribution in [0.1, 0.15) is 58.9 Å². The summed E-state index contributed by atoms with van der Waals surface area (Å²) in [6, 6.07) is 4.43. The zero-order valence-corrected chi connectivity index (χ0v) is 16.9. The summed E-state index contributed by atoms with van der Waals surface area (Å²) >= 11 is 0. The van der Waals surface area contributed by atoms with Gasteiger partial charge in [-0.25, -0.2) is 0 Å². The average molecular weight is 403 g/mol. The molecule has 9 heteroatoms. The number of carbonyl (C=O) groups is 3. The molecular formula is C20H25N3O6. The Kier molecular flexibility index (Phi) is 7.64. The Hall–Kier alpha value is -3.49. The highest BCUT2D eigenvalue weighted by molar-refractivity contribution is 6.01. The number of ketones is 1. The normalized spacial score (nSPS) is 10.2. The number of H-pyrrole nitrogens is 1. The third kappa shape index (κ3) is 5.50. The Labute approximate surface area is 168 Å². The maximum atomic E-state index is 12.5. The molecular weight excluding hydrogens is 378 g/mol. The van der Waals surface area contributed by atoms with Gasteiger partial charge in [-0.3, -0.25) is 25.2 Å². The van der Waals surface area contributed by atoms with E-state index in [1.165, 1.54) is 31.3 Å². The molecule has 2 amide bonds. The van der Waals surface area contributed by atoms with Crippen LogP contribution in [0.2, 0.25) is 0 Å². The summed E-state index contributed by atoms with van der Waals surface area (Å²) in [6.45, 7) is 8.01. The summed E-state index contributed by atoms with van der Waals surface area (Å²) in [5, 5.41) is 0. The molecule has 29 heavy (non-hydrogen) atoms. The van der Waals surface area contributed by atoms with Gasteiger partial charge in [-0.05, 0) is 45.9 Å². The fraction of sp³-hybridized carbons (Fsp3) is 0.350. The first-order chi connectivity index (χ1) is 13.9. The minimum atomic E-state index is -0.591. The van der Waals surface area contributed by atoms with E-state index in [0.29, 0.717) is 42.6 Å². The molecule has 0 unspecified atom stereocenters. The molecule has 0 bridgehead atoms. The fourth-order valence-corrected chi connectivity index (χ4v) is 2.50. The maximum Gasteiger partial charge on any atom is 0.286 e. The summed E-state index contributed by atoms with van der Waals surface area (Å²) in [6.07, 6.45) is 1.42. The van der Waals surface area contributed by atoms with Crippen molar-refractivity contribution in [2.24, 2.45) is 0 Å². The van der Waals surface area contributed by atoms with Crippen LogP contribution in [0, 0.1) is 0 Å². The number of Topliss-reactive ketones (excluding diaryl/α,β-unsaturated/α-hetero) is 1. The van der Waals surface area contributed by atoms with E-state index in [4.69, 9.17) is 14.2 Å². The van der Waals surface area contributed by atoms with E-state index in [2.05, 4.69) is 15.8 Å². The third-order valence-corrected chi connectivity index (χ3v) is 3.80. The number of rotatable bonds is 9. The van der Waals surface area contributed by atoms with E-state index in [1.54, 1.807) is 0 Å². The van der Waals surface area contributed by atoms with Crippen molar-refractivity contribution in [3.63, 3.8) is 0 Å². The van der Waals surface area contributed by atoms with Gasteiger partial charge in [0, 0.05) is 17.3 Å². The van der Waals surface area contributed by atoms with Crippen LogP contribution >= 0.6 is 0 Å². The van der Waals surface area contributed by atoms with Crippen LogP contribution in [0.4, 0.5) is 0 Å². The molecule has 9 nitrogen and oxygen atoms in total. The van der Waals surface area contributed by atoms with Crippen LogP contribution in [0.25, 0.3) is 0 Å². The zero-order chi connectivity index (χ0) is 21.4. The van der Waals surface area contributed by atoms with Crippen molar-refractivity contribution in [1.82, 2.24) is 15.8 Å². The molecule has 2 aromatic rings. The summed E-state index contributed by atoms with van der Waals surface area (Å²) in [5.74, 6) is -0.182. The number of hydrogen-bond donors (Lipinski definition) is 3. The van der Waals surface area contributed by atoms with E-state index < -0.39 is 11.8 Å². The number of aromatic nitrogens is 1. The third-order valence-electron chi connectivity index (χ3n) is 3.80. The molecule has 3 N–H and O–H groups in total. The number of hydrogen-bond acceptors (Lipinski definition) is 6. The summed E-state index contributed by atoms with van der Waals surface area (Å²) in [5.41, 5.74) is 5.36. The molecule has 156 valence electrons. The second-order valence-corrected chi connectivity index (χ2v) is 5.87. The molecule has 0 spiro atoms. The fourth-order valence-electron chi connectivity index (χ4n) is 2.50. The van der Waals surface area contributed by atoms with Crippen LogP contribution in [0.5, 0.6) is 17.2 Å². The number of hydrazine groups is 1. The van der Waals surface area contributed by atoms with Gasteiger partial charge < -0.3 is 19.2 Å². The quantitative estimate of drug-likeness (QED) is 0.437. The minimum absolute atomic E-state index is 0.146. The molecule has 0 fully saturated rings. The van der Waals surface area contributed by atoms with E-state index in [-0.39, 0.29) is 17.0 Å². The second kappa shape index (κ2) is 10.2. The minimum Gasteiger partial charge on any atom is -0.490 e. The standard InChI is InChI=1S/C20H25N3O6/c1-5-27-16-9-13(10-17(28-6-2)18(16)29-7-3)19(25)22-23-20(26)15-8-14(11-21-15)12(4)24/h8-11,21H,5-7H2,1-4H3,(H,22,25)(H,23,26). The molecule has 1 heterocycles. The van der Waals surface area contributed by atoms with Gasteiger partial charge in [-0.15, -0.1) is 0 Å². The molecule has 0 saturated carbocycles. The molecule has 0 radical (unpaired) electrons. The second-order valence-electron chi connectivity index (χ2n) is 5.87. The summed E-state index contributed by atoms with van der Waals surface area (Å²) in [4.78, 5) is 38.7. The molecule has 1 aromatic heterocycles. The Morgan fingerprint density at radius 2 is 1.38 bits per heavy atom. The lowest BCUT2D eigenvalue weighted by molar-refractivity contribution is 0.0844. The average Bonchev–Trinajstić information content (AvgIpc) is 3.19. The van der Waals surface area contributed by atoms with Crippen LogP contribution < -0.4 is 25.1 Å². The smallest absolute Gasteiger partial charge is 0.286 e. The Balaban J connectivity index is 2.18. The predicted octanol–water partition coefficient (Wildman–Crippen LogP) is 2.49. The Morgan fingerprint density at radius 3 is 1.86 bits per heavy atom. The highest BCUT2D eigenvalue weighted by atomic mass is 16.5. The van der Waals surface area contributed by atoms with E-state index in [1.807, 2.05) is 20.8 Å². The monoisotopic (exact) mass is 403 g/mol. The topological polar surface area (TPSA) is 119 Å². The summed E-state index contributed by atoms with van der Waals surface area (Å²) in [7, 11) is 0. The summed E-state index contributed by atoms with van der Waals surface area (Å²) < 4.78 is 16.8. The Morgan fingerprint density at radius 1 is 0.828 bits per heavy atom. The largest absolute Gasteiger partial charge is 0.490 e. The van der Waals surface area contributed by atoms with Crippen LogP contribution in [0.3, 0.4) is 0 Å². The highest BCUT2D eigenvalue weighted by Gasteiger charge is 2.19. The molecule has 2 rings (SSSR count). The molecule has 0 aliphatic heterocycles. The van der Waals surface area contributed by atoms with Crippen molar-refractivity contribution in [2.75, 3.05) is 19.8 Å². The molecule has 0 aliphatic rings. The number of amides is 2. The SMILES string of the molecule is CCOc1cc(C(=O)NNC(=O)c2cc(C(C)=O)c[nH]2)cc(OCC)c1OCC. The van der Waals surface area contributed by atoms with Crippen LogP contribution in [-0.4, -0.2) is 42.4 Å². The van der Waals surface area contributed by atoms with E-state index in [0.717, 1.165) is 0 Å². The van der Waals surface area contributed by atoms with E-state index >= 15 is 0 Å². The van der Waals surface area contributed by atoms with Crippen molar-refractivity contribution in [2.45, 2.75) is 27.7 Å². The van der Waals surface area contributed by atoms with Crippen LogP contribution in [-0.2, 0) is 0 Å². The van der Waals surface area contributed by atoms with Crippen molar-refractivity contribution in [3.8, 4) is 17.2 Å². The van der Waals surface area contributed by atoms with Gasteiger partial charge in [0.05, 0.1) is 19.8 Å². The van der Waals surface area contributed by atoms with Gasteiger partial charge in [-0.1, -0.05) is 0 Å². The number of nitrogens with one attached hydrogen (secondary N) is 3. The van der Waals surface area contributed by atoms with Crippen LogP contribution in [0.15, 0.2) is 24.4 Å². The van der Waals surface area contributed by atoms with Gasteiger partial charge in [0.2, 0.25) is 5.75 Å². The number of carbonyl (C=O) groups excluding carboxylic acids is 3. The molecule has 0 aliphatic carbocycles. The first kappa shape index (κ1) is 21.8. The molecule has 0 saturated heterocycles. The highest BCUT2D eigenvalue weighted by Crippen LogP contribution is 2.39. The van der Waals surface area contributed by atoms with Gasteiger partial charge in [0.15, 0.2) is 17.3 Å². The molecule has 0 atom stereocenters. The van der Waals surface area contributed by atoms with Crippen molar-refractivity contribution in [1.29, 1.82) is 0 Å². The lowest BCUT2D eigenvalue weighted by Gasteiger charge is -2.17. The first-order valence-corrected chi connectivity index (χ1v) is 9.27.